The third-order valence-corrected chi connectivity index (χ3v) is 4.47. The Morgan fingerprint density at radius 2 is 1.64 bits per heavy atom. The fraction of sp³-hybridized carbons (Fsp3) is 0.727. The topological polar surface area (TPSA) is 130 Å². The summed E-state index contributed by atoms with van der Waals surface area (Å²) in [5.74, 6) is 2.97. The third-order valence-electron chi connectivity index (χ3n) is 4.47. The Morgan fingerprint density at radius 1 is 1.00 bits per heavy atom. The van der Waals surface area contributed by atoms with Gasteiger partial charge in [-0.1, -0.05) is 32.9 Å². The zero-order valence-corrected chi connectivity index (χ0v) is 21.4. The molecule has 0 aromatic carbocycles. The molecule has 11 nitrogen and oxygen atoms in total. The van der Waals surface area contributed by atoms with Crippen LogP contribution in [0.4, 0.5) is 0 Å². The van der Waals surface area contributed by atoms with Gasteiger partial charge in [-0.15, -0.1) is 5.10 Å². The van der Waals surface area contributed by atoms with Gasteiger partial charge in [-0.3, -0.25) is 9.48 Å². The van der Waals surface area contributed by atoms with Crippen LogP contribution in [-0.2, 0) is 4.79 Å². The number of carbonyl (C=O) groups excluding carboxylic acids is 1. The smallest absolute Gasteiger partial charge is 0.223 e. The molecule has 0 saturated heterocycles. The van der Waals surface area contributed by atoms with E-state index >= 15 is 0 Å². The molecule has 0 N–H and O–H groups in total. The Bertz CT molecular complexity index is 839. The van der Waals surface area contributed by atoms with Gasteiger partial charge in [0, 0.05) is 36.8 Å². The van der Waals surface area contributed by atoms with Crippen LogP contribution in [0.2, 0.25) is 0 Å². The summed E-state index contributed by atoms with van der Waals surface area (Å²) in [6.45, 7) is 18.0. The predicted molar refractivity (Wildman–Crippen MR) is 124 cm³/mol. The summed E-state index contributed by atoms with van der Waals surface area (Å²) in [4.78, 5) is 18.7. The fourth-order valence-corrected chi connectivity index (χ4v) is 2.28. The first-order chi connectivity index (χ1) is 15.5. The molecule has 11 heteroatoms. The molecule has 3 aromatic rings. The number of hydrogen-bond donors (Lipinski definition) is 0. The van der Waals surface area contributed by atoms with E-state index in [2.05, 4.69) is 49.6 Å². The molecule has 0 bridgehead atoms. The van der Waals surface area contributed by atoms with E-state index in [1.54, 1.807) is 35.3 Å². The number of carbonyl (C=O) groups is 1. The highest BCUT2D eigenvalue weighted by molar-refractivity contribution is 5.84. The number of aryl methyl sites for hydroxylation is 1. The van der Waals surface area contributed by atoms with Gasteiger partial charge < -0.3 is 4.52 Å². The van der Waals surface area contributed by atoms with E-state index in [4.69, 9.17) is 4.52 Å². The monoisotopic (exact) mass is 461 g/mol. The van der Waals surface area contributed by atoms with Crippen LogP contribution in [0, 0.1) is 18.8 Å². The van der Waals surface area contributed by atoms with Gasteiger partial charge in [-0.25, -0.2) is 9.67 Å². The highest BCUT2D eigenvalue weighted by atomic mass is 16.5. The molecule has 0 radical (unpaired) electrons. The maximum Gasteiger partial charge on any atom is 0.223 e. The average molecular weight is 462 g/mol. The molecule has 1 fully saturated rings. The number of nitrogens with zero attached hydrogens (tertiary/aromatic N) is 9. The molecule has 0 spiro atoms. The highest BCUT2D eigenvalue weighted by Crippen LogP contribution is 2.32. The molecule has 0 atom stereocenters. The van der Waals surface area contributed by atoms with Crippen LogP contribution >= 0.6 is 0 Å². The number of hydrogen-bond acceptors (Lipinski definition) is 9. The number of aromatic nitrogens is 9. The summed E-state index contributed by atoms with van der Waals surface area (Å²) >= 11 is 0. The summed E-state index contributed by atoms with van der Waals surface area (Å²) < 4.78 is 8.26. The first kappa shape index (κ1) is 28.1. The van der Waals surface area contributed by atoms with Crippen LogP contribution in [0.1, 0.15) is 97.9 Å². The minimum atomic E-state index is 0.266. The minimum Gasteiger partial charge on any atom is -0.340 e. The molecule has 0 amide bonds. The molecule has 1 aliphatic rings. The second-order valence-corrected chi connectivity index (χ2v) is 9.01. The first-order valence-electron chi connectivity index (χ1n) is 11.4. The van der Waals surface area contributed by atoms with Gasteiger partial charge in [0.2, 0.25) is 5.89 Å². The molecule has 1 saturated carbocycles. The van der Waals surface area contributed by atoms with Crippen molar-refractivity contribution in [3.63, 3.8) is 0 Å². The van der Waals surface area contributed by atoms with Gasteiger partial charge in [0.05, 0.1) is 0 Å². The molecular formula is C22H39N9O2. The SMILES string of the molecule is CC(C)C(=O)C1CC1.CC(C)n1cncn1.CC(C)n1cnnn1.Cc1nc(C(C)C)no1. The van der Waals surface area contributed by atoms with Gasteiger partial charge in [-0.2, -0.15) is 10.1 Å². The maximum absolute atomic E-state index is 10.9. The molecule has 0 unspecified atom stereocenters. The Kier molecular flexibility index (Phi) is 12.1. The van der Waals surface area contributed by atoms with Gasteiger partial charge in [0.25, 0.3) is 0 Å². The number of rotatable bonds is 5. The van der Waals surface area contributed by atoms with Crippen molar-refractivity contribution in [3.8, 4) is 0 Å². The molecular weight excluding hydrogens is 422 g/mol. The summed E-state index contributed by atoms with van der Waals surface area (Å²) in [5.41, 5.74) is 0. The minimum absolute atomic E-state index is 0.266. The zero-order valence-electron chi connectivity index (χ0n) is 21.4. The van der Waals surface area contributed by atoms with Crippen molar-refractivity contribution in [1.29, 1.82) is 0 Å². The first-order valence-corrected chi connectivity index (χ1v) is 11.4. The quantitative estimate of drug-likeness (QED) is 0.547. The zero-order chi connectivity index (χ0) is 25.0. The normalized spacial score (nSPS) is 12.6. The lowest BCUT2D eigenvalue weighted by atomic mass is 10.1. The van der Waals surface area contributed by atoms with Crippen molar-refractivity contribution in [2.45, 2.75) is 93.2 Å². The Balaban J connectivity index is 0.000000220. The second kappa shape index (κ2) is 14.2. The molecule has 4 rings (SSSR count). The fourth-order valence-electron chi connectivity index (χ4n) is 2.28. The van der Waals surface area contributed by atoms with Crippen molar-refractivity contribution in [2.24, 2.45) is 11.8 Å². The lowest BCUT2D eigenvalue weighted by molar-refractivity contribution is -0.123. The molecule has 0 aliphatic heterocycles. The lowest BCUT2D eigenvalue weighted by Crippen LogP contribution is -2.08. The van der Waals surface area contributed by atoms with Crippen molar-refractivity contribution in [3.05, 3.63) is 30.7 Å². The molecule has 3 aromatic heterocycles. The number of tetrazole rings is 1. The Hall–Kier alpha value is -2.98. The van der Waals surface area contributed by atoms with Crippen molar-refractivity contribution in [2.75, 3.05) is 0 Å². The van der Waals surface area contributed by atoms with Crippen LogP contribution in [0.15, 0.2) is 23.5 Å². The van der Waals surface area contributed by atoms with Gasteiger partial charge in [0.1, 0.15) is 24.8 Å². The summed E-state index contributed by atoms with van der Waals surface area (Å²) in [5, 5.41) is 18.3. The van der Waals surface area contributed by atoms with E-state index in [0.29, 0.717) is 35.6 Å². The van der Waals surface area contributed by atoms with Crippen molar-refractivity contribution >= 4 is 5.78 Å². The Morgan fingerprint density at radius 3 is 1.85 bits per heavy atom. The molecule has 184 valence electrons. The van der Waals surface area contributed by atoms with E-state index in [1.165, 1.54) is 0 Å². The van der Waals surface area contributed by atoms with Crippen LogP contribution in [-0.4, -0.2) is 50.9 Å². The number of ketones is 1. The second-order valence-electron chi connectivity index (χ2n) is 9.01. The Labute approximate surface area is 196 Å². The van der Waals surface area contributed by atoms with Crippen LogP contribution in [0.5, 0.6) is 0 Å². The summed E-state index contributed by atoms with van der Waals surface area (Å²) in [6, 6.07) is 0.794. The maximum atomic E-state index is 10.9. The van der Waals surface area contributed by atoms with E-state index in [9.17, 15) is 4.79 Å². The molecule has 3 heterocycles. The number of Topliss-reactive ketones (excluding diaryl/α,β-unsaturated/α-hetero) is 1. The van der Waals surface area contributed by atoms with E-state index in [-0.39, 0.29) is 5.92 Å². The van der Waals surface area contributed by atoms with E-state index < -0.39 is 0 Å². The van der Waals surface area contributed by atoms with Gasteiger partial charge in [0.15, 0.2) is 5.82 Å². The van der Waals surface area contributed by atoms with Crippen LogP contribution in [0.3, 0.4) is 0 Å². The molecule has 1 aliphatic carbocycles. The largest absolute Gasteiger partial charge is 0.340 e. The van der Waals surface area contributed by atoms with E-state index in [1.807, 2.05) is 41.5 Å². The van der Waals surface area contributed by atoms with Crippen molar-refractivity contribution < 1.29 is 9.32 Å². The van der Waals surface area contributed by atoms with Gasteiger partial charge in [-0.05, 0) is 51.0 Å². The summed E-state index contributed by atoms with van der Waals surface area (Å²) in [7, 11) is 0. The lowest BCUT2D eigenvalue weighted by Gasteiger charge is -2.00. The van der Waals surface area contributed by atoms with Crippen molar-refractivity contribution in [1.82, 2.24) is 45.1 Å². The van der Waals surface area contributed by atoms with E-state index in [0.717, 1.165) is 18.7 Å². The standard InChI is InChI=1S/C7H12O.C6H10N2O.C5H9N3.C4H8N4/c1-5(2)7(8)6-3-4-6;1-4(2)6-7-5(3)9-8-6;1-5(2)8-4-6-3-7-8;1-4(2)8-3-5-6-7-8/h5-6H,3-4H2,1-2H3;4H,1-3H3;3-5H,1-2H3;3-4H,1-2H3. The highest BCUT2D eigenvalue weighted by Gasteiger charge is 2.30. The van der Waals surface area contributed by atoms with Gasteiger partial charge >= 0.3 is 0 Å². The third kappa shape index (κ3) is 11.4. The van der Waals surface area contributed by atoms with Crippen LogP contribution in [0.25, 0.3) is 0 Å². The summed E-state index contributed by atoms with van der Waals surface area (Å²) in [6.07, 6.45) is 7.16. The predicted octanol–water partition coefficient (Wildman–Crippen LogP) is 4.24. The molecule has 33 heavy (non-hydrogen) atoms. The van der Waals surface area contributed by atoms with Crippen LogP contribution < -0.4 is 0 Å². The average Bonchev–Trinajstić information content (AvgIpc) is 3.20.